The van der Waals surface area contributed by atoms with Gasteiger partial charge in [0.2, 0.25) is 0 Å². The summed E-state index contributed by atoms with van der Waals surface area (Å²) < 4.78 is 2.18. The van der Waals surface area contributed by atoms with Crippen molar-refractivity contribution in [2.75, 3.05) is 26.2 Å². The lowest BCUT2D eigenvalue weighted by atomic mass is 10.00. The number of aromatic nitrogens is 1. The summed E-state index contributed by atoms with van der Waals surface area (Å²) in [5.74, 6) is 0.199. The van der Waals surface area contributed by atoms with E-state index >= 15 is 0 Å². The first-order chi connectivity index (χ1) is 13.8. The van der Waals surface area contributed by atoms with Gasteiger partial charge in [0.1, 0.15) is 5.00 Å². The summed E-state index contributed by atoms with van der Waals surface area (Å²) in [5, 5.41) is 2.33. The number of hydrogen-bond acceptors (Lipinski definition) is 3. The molecule has 5 heteroatoms. The number of benzene rings is 1. The third-order valence-corrected chi connectivity index (χ3v) is 7.37. The molecule has 4 nitrogen and oxygen atoms in total. The van der Waals surface area contributed by atoms with Crippen molar-refractivity contribution in [3.8, 4) is 5.00 Å². The van der Waals surface area contributed by atoms with Gasteiger partial charge in [-0.15, -0.1) is 11.3 Å². The number of likely N-dealkylation sites (tertiary alicyclic amines) is 2. The van der Waals surface area contributed by atoms with Crippen LogP contribution < -0.4 is 0 Å². The molecule has 28 heavy (non-hydrogen) atoms. The highest BCUT2D eigenvalue weighted by molar-refractivity contribution is 7.16. The van der Waals surface area contributed by atoms with Crippen LogP contribution in [-0.4, -0.2) is 52.5 Å². The Kier molecular flexibility index (Phi) is 4.95. The summed E-state index contributed by atoms with van der Waals surface area (Å²) in [6, 6.07) is 15.2. The lowest BCUT2D eigenvalue weighted by Crippen LogP contribution is -2.48. The minimum Gasteiger partial charge on any atom is -0.338 e. The quantitative estimate of drug-likeness (QED) is 0.640. The summed E-state index contributed by atoms with van der Waals surface area (Å²) in [5.41, 5.74) is 1.19. The highest BCUT2D eigenvalue weighted by Crippen LogP contribution is 2.28. The van der Waals surface area contributed by atoms with Gasteiger partial charge in [-0.1, -0.05) is 24.6 Å². The summed E-state index contributed by atoms with van der Waals surface area (Å²) in [4.78, 5) is 18.6. The molecule has 0 N–H and O–H groups in total. The first kappa shape index (κ1) is 18.0. The molecule has 146 valence electrons. The Bertz CT molecular complexity index is 961. The van der Waals surface area contributed by atoms with Crippen molar-refractivity contribution in [2.24, 2.45) is 0 Å². The number of amides is 1. The molecule has 0 bridgehead atoms. The van der Waals surface area contributed by atoms with Crippen LogP contribution in [0.3, 0.4) is 0 Å². The van der Waals surface area contributed by atoms with Gasteiger partial charge in [0.25, 0.3) is 5.91 Å². The van der Waals surface area contributed by atoms with Crippen molar-refractivity contribution in [1.82, 2.24) is 14.4 Å². The normalized spacial score (nSPS) is 19.4. The third kappa shape index (κ3) is 3.38. The number of hydrogen-bond donors (Lipinski definition) is 0. The largest absolute Gasteiger partial charge is 0.338 e. The van der Waals surface area contributed by atoms with Crippen LogP contribution in [0.2, 0.25) is 0 Å². The van der Waals surface area contributed by atoms with Gasteiger partial charge in [-0.3, -0.25) is 4.79 Å². The van der Waals surface area contributed by atoms with Gasteiger partial charge in [0.05, 0.1) is 10.4 Å². The average Bonchev–Trinajstić information content (AvgIpc) is 3.41. The van der Waals surface area contributed by atoms with E-state index in [1.165, 1.54) is 43.3 Å². The Morgan fingerprint density at radius 1 is 0.893 bits per heavy atom. The molecular formula is C23H27N3OS. The zero-order valence-electron chi connectivity index (χ0n) is 16.2. The molecule has 1 aromatic carbocycles. The lowest BCUT2D eigenvalue weighted by Gasteiger charge is -2.40. The minimum absolute atomic E-state index is 0.199. The number of para-hydroxylation sites is 1. The van der Waals surface area contributed by atoms with E-state index < -0.39 is 0 Å². The topological polar surface area (TPSA) is 28.5 Å². The fraction of sp³-hybridized carbons (Fsp3) is 0.435. The summed E-state index contributed by atoms with van der Waals surface area (Å²) in [7, 11) is 0. The fourth-order valence-corrected chi connectivity index (χ4v) is 5.69. The van der Waals surface area contributed by atoms with E-state index in [9.17, 15) is 4.79 Å². The average molecular weight is 394 g/mol. The zero-order chi connectivity index (χ0) is 18.9. The molecular weight excluding hydrogens is 366 g/mol. The second-order valence-corrected chi connectivity index (χ2v) is 9.06. The molecule has 2 aliphatic heterocycles. The maximum absolute atomic E-state index is 13.0. The first-order valence-corrected chi connectivity index (χ1v) is 11.3. The molecule has 0 unspecified atom stereocenters. The molecule has 3 aromatic rings. The van der Waals surface area contributed by atoms with E-state index in [0.717, 1.165) is 35.8 Å². The summed E-state index contributed by atoms with van der Waals surface area (Å²) >= 11 is 1.60. The number of carbonyl (C=O) groups is 1. The van der Waals surface area contributed by atoms with Crippen molar-refractivity contribution in [2.45, 2.75) is 38.1 Å². The molecule has 0 aliphatic carbocycles. The van der Waals surface area contributed by atoms with E-state index in [4.69, 9.17) is 0 Å². The number of rotatable bonds is 3. The van der Waals surface area contributed by atoms with Gasteiger partial charge in [-0.2, -0.15) is 0 Å². The predicted octanol–water partition coefficient (Wildman–Crippen LogP) is 4.78. The molecule has 0 saturated carbocycles. The SMILES string of the molecule is O=C(c1ccc(-n2ccc3ccccc32)s1)N1CCC(N2CCCCC2)CC1. The second-order valence-electron chi connectivity index (χ2n) is 8.00. The minimum atomic E-state index is 0.199. The predicted molar refractivity (Wildman–Crippen MR) is 116 cm³/mol. The van der Waals surface area contributed by atoms with Crippen LogP contribution in [0.25, 0.3) is 15.9 Å². The van der Waals surface area contributed by atoms with Gasteiger partial charge in [0.15, 0.2) is 0 Å². The Morgan fingerprint density at radius 3 is 2.50 bits per heavy atom. The summed E-state index contributed by atoms with van der Waals surface area (Å²) in [6.07, 6.45) is 8.38. The lowest BCUT2D eigenvalue weighted by molar-refractivity contribution is 0.0594. The standard InChI is InChI=1S/C23H27N3OS/c27-23(25-15-11-19(12-16-25)24-13-4-1-5-14-24)21-8-9-22(28-21)26-17-10-18-6-2-3-7-20(18)26/h2-3,6-10,17,19H,1,4-5,11-16H2. The highest BCUT2D eigenvalue weighted by atomic mass is 32.1. The Balaban J connectivity index is 1.27. The Hall–Kier alpha value is -2.11. The maximum Gasteiger partial charge on any atom is 0.263 e. The van der Waals surface area contributed by atoms with Crippen molar-refractivity contribution < 1.29 is 4.79 Å². The van der Waals surface area contributed by atoms with E-state index in [1.54, 1.807) is 11.3 Å². The first-order valence-electron chi connectivity index (χ1n) is 10.5. The number of carbonyl (C=O) groups excluding carboxylic acids is 1. The van der Waals surface area contributed by atoms with Crippen LogP contribution in [0, 0.1) is 0 Å². The van der Waals surface area contributed by atoms with Gasteiger partial charge >= 0.3 is 0 Å². The van der Waals surface area contributed by atoms with E-state index in [0.29, 0.717) is 6.04 Å². The molecule has 0 atom stereocenters. The third-order valence-electron chi connectivity index (χ3n) is 6.30. The number of fused-ring (bicyclic) bond motifs is 1. The molecule has 2 aliphatic rings. The molecule has 0 spiro atoms. The van der Waals surface area contributed by atoms with Crippen LogP contribution in [-0.2, 0) is 0 Å². The van der Waals surface area contributed by atoms with Gasteiger partial charge in [-0.25, -0.2) is 0 Å². The van der Waals surface area contributed by atoms with Crippen LogP contribution in [0.4, 0.5) is 0 Å². The molecule has 5 rings (SSSR count). The maximum atomic E-state index is 13.0. The molecule has 0 radical (unpaired) electrons. The van der Waals surface area contributed by atoms with Crippen molar-refractivity contribution in [1.29, 1.82) is 0 Å². The van der Waals surface area contributed by atoms with Gasteiger partial charge in [0, 0.05) is 25.3 Å². The number of piperidine rings is 2. The fourth-order valence-electron chi connectivity index (χ4n) is 4.72. The van der Waals surface area contributed by atoms with Crippen molar-refractivity contribution >= 4 is 28.1 Å². The molecule has 1 amide bonds. The molecule has 4 heterocycles. The van der Waals surface area contributed by atoms with Crippen LogP contribution in [0.5, 0.6) is 0 Å². The molecule has 2 fully saturated rings. The van der Waals surface area contributed by atoms with Crippen molar-refractivity contribution in [3.63, 3.8) is 0 Å². The van der Waals surface area contributed by atoms with Gasteiger partial charge < -0.3 is 14.4 Å². The Labute approximate surface area is 170 Å². The van der Waals surface area contributed by atoms with E-state index in [1.807, 2.05) is 6.07 Å². The smallest absolute Gasteiger partial charge is 0.263 e. The van der Waals surface area contributed by atoms with Crippen molar-refractivity contribution in [3.05, 3.63) is 53.5 Å². The monoisotopic (exact) mass is 393 g/mol. The number of nitrogens with zero attached hydrogens (tertiary/aromatic N) is 3. The molecule has 2 saturated heterocycles. The van der Waals surface area contributed by atoms with Crippen LogP contribution in [0.15, 0.2) is 48.7 Å². The second kappa shape index (κ2) is 7.72. The molecule has 2 aromatic heterocycles. The zero-order valence-corrected chi connectivity index (χ0v) is 17.0. The van der Waals surface area contributed by atoms with E-state index in [2.05, 4.69) is 57.0 Å². The van der Waals surface area contributed by atoms with Crippen LogP contribution >= 0.6 is 11.3 Å². The Morgan fingerprint density at radius 2 is 1.68 bits per heavy atom. The number of thiophene rings is 1. The highest BCUT2D eigenvalue weighted by Gasteiger charge is 2.28. The van der Waals surface area contributed by atoms with Gasteiger partial charge in [-0.05, 0) is 68.4 Å². The van der Waals surface area contributed by atoms with E-state index in [-0.39, 0.29) is 5.91 Å². The van der Waals surface area contributed by atoms with Crippen LogP contribution in [0.1, 0.15) is 41.8 Å². The summed E-state index contributed by atoms with van der Waals surface area (Å²) in [6.45, 7) is 4.27.